The summed E-state index contributed by atoms with van der Waals surface area (Å²) >= 11 is 1.56. The molecular formula is C11H21N3O3S2. The third-order valence-corrected chi connectivity index (χ3v) is 4.61. The molecule has 0 amide bonds. The molecule has 0 radical (unpaired) electrons. The molecule has 19 heavy (non-hydrogen) atoms. The van der Waals surface area contributed by atoms with Crippen molar-refractivity contribution in [1.29, 1.82) is 0 Å². The summed E-state index contributed by atoms with van der Waals surface area (Å²) in [4.78, 5) is 7.30. The van der Waals surface area contributed by atoms with E-state index in [1.54, 1.807) is 18.4 Å². The van der Waals surface area contributed by atoms with Crippen LogP contribution in [0.1, 0.15) is 11.3 Å². The molecule has 0 atom stereocenters. The number of thiazole rings is 1. The van der Waals surface area contributed by atoms with E-state index in [-0.39, 0.29) is 5.75 Å². The van der Waals surface area contributed by atoms with Gasteiger partial charge in [-0.2, -0.15) is 4.98 Å². The van der Waals surface area contributed by atoms with Gasteiger partial charge in [0, 0.05) is 26.9 Å². The molecule has 0 aromatic carbocycles. The van der Waals surface area contributed by atoms with Gasteiger partial charge in [-0.25, -0.2) is 8.42 Å². The Morgan fingerprint density at radius 3 is 2.63 bits per heavy atom. The Morgan fingerprint density at radius 1 is 1.42 bits per heavy atom. The molecule has 0 aliphatic rings. The number of nitrogens with zero attached hydrogens (tertiary/aromatic N) is 2. The SMILES string of the molecule is COc1nc(N(C)C)sc1CNCCCS(C)(=O)=O. The molecule has 1 aromatic heterocycles. The van der Waals surface area contributed by atoms with Crippen LogP contribution in [-0.2, 0) is 16.4 Å². The van der Waals surface area contributed by atoms with Gasteiger partial charge in [0.2, 0.25) is 5.88 Å². The molecule has 0 unspecified atom stereocenters. The zero-order chi connectivity index (χ0) is 14.5. The number of methoxy groups -OCH3 is 1. The van der Waals surface area contributed by atoms with Gasteiger partial charge < -0.3 is 15.0 Å². The second-order valence-corrected chi connectivity index (χ2v) is 7.81. The number of anilines is 1. The highest BCUT2D eigenvalue weighted by Crippen LogP contribution is 2.30. The average Bonchev–Trinajstić information content (AvgIpc) is 2.70. The van der Waals surface area contributed by atoms with E-state index < -0.39 is 9.84 Å². The van der Waals surface area contributed by atoms with Crippen molar-refractivity contribution in [3.05, 3.63) is 4.88 Å². The van der Waals surface area contributed by atoms with Gasteiger partial charge in [-0.1, -0.05) is 11.3 Å². The normalized spacial score (nSPS) is 11.6. The van der Waals surface area contributed by atoms with Crippen molar-refractivity contribution in [2.24, 2.45) is 0 Å². The maximum Gasteiger partial charge on any atom is 0.230 e. The minimum Gasteiger partial charge on any atom is -0.480 e. The Morgan fingerprint density at radius 2 is 2.11 bits per heavy atom. The van der Waals surface area contributed by atoms with E-state index in [1.807, 2.05) is 19.0 Å². The van der Waals surface area contributed by atoms with Gasteiger partial charge in [-0.15, -0.1) is 0 Å². The molecule has 0 saturated heterocycles. The zero-order valence-corrected chi connectivity index (χ0v) is 13.4. The van der Waals surface area contributed by atoms with Crippen molar-refractivity contribution in [1.82, 2.24) is 10.3 Å². The van der Waals surface area contributed by atoms with E-state index in [1.165, 1.54) is 6.26 Å². The van der Waals surface area contributed by atoms with Gasteiger partial charge in [0.1, 0.15) is 9.84 Å². The number of nitrogens with one attached hydrogen (secondary N) is 1. The minimum atomic E-state index is -2.87. The molecular weight excluding hydrogens is 286 g/mol. The van der Waals surface area contributed by atoms with Crippen LogP contribution in [0.2, 0.25) is 0 Å². The summed E-state index contributed by atoms with van der Waals surface area (Å²) < 4.78 is 27.2. The Labute approximate surface area is 118 Å². The third kappa shape index (κ3) is 5.75. The minimum absolute atomic E-state index is 0.211. The van der Waals surface area contributed by atoms with Gasteiger partial charge >= 0.3 is 0 Å². The van der Waals surface area contributed by atoms with Crippen LogP contribution in [0.5, 0.6) is 5.88 Å². The summed E-state index contributed by atoms with van der Waals surface area (Å²) in [7, 11) is 2.59. The first-order valence-electron chi connectivity index (χ1n) is 5.93. The maximum atomic E-state index is 11.0. The predicted octanol–water partition coefficient (Wildman–Crippen LogP) is 0.742. The molecule has 0 aliphatic heterocycles. The molecule has 1 aromatic rings. The maximum absolute atomic E-state index is 11.0. The first kappa shape index (κ1) is 16.2. The molecule has 110 valence electrons. The quantitative estimate of drug-likeness (QED) is 0.714. The fraction of sp³-hybridized carbons (Fsp3) is 0.727. The van der Waals surface area contributed by atoms with Crippen molar-refractivity contribution >= 4 is 26.3 Å². The van der Waals surface area contributed by atoms with E-state index >= 15 is 0 Å². The van der Waals surface area contributed by atoms with Crippen molar-refractivity contribution in [3.63, 3.8) is 0 Å². The lowest BCUT2D eigenvalue weighted by Crippen LogP contribution is -2.17. The smallest absolute Gasteiger partial charge is 0.230 e. The summed E-state index contributed by atoms with van der Waals surface area (Å²) in [6, 6.07) is 0. The third-order valence-electron chi connectivity index (χ3n) is 2.38. The van der Waals surface area contributed by atoms with Gasteiger partial charge in [-0.3, -0.25) is 0 Å². The number of sulfone groups is 1. The Hall–Kier alpha value is -0.860. The highest BCUT2D eigenvalue weighted by Gasteiger charge is 2.12. The van der Waals surface area contributed by atoms with Gasteiger partial charge in [0.25, 0.3) is 0 Å². The van der Waals surface area contributed by atoms with E-state index in [4.69, 9.17) is 4.74 Å². The molecule has 0 saturated carbocycles. The van der Waals surface area contributed by atoms with Crippen molar-refractivity contribution in [2.45, 2.75) is 13.0 Å². The fourth-order valence-electron chi connectivity index (χ4n) is 1.45. The van der Waals surface area contributed by atoms with Crippen LogP contribution in [-0.4, -0.2) is 53.2 Å². The van der Waals surface area contributed by atoms with Gasteiger partial charge in [0.15, 0.2) is 5.13 Å². The van der Waals surface area contributed by atoms with E-state index in [0.29, 0.717) is 25.4 Å². The van der Waals surface area contributed by atoms with Gasteiger partial charge in [-0.05, 0) is 13.0 Å². The molecule has 1 heterocycles. The van der Waals surface area contributed by atoms with Crippen LogP contribution in [0.15, 0.2) is 0 Å². The van der Waals surface area contributed by atoms with Crippen molar-refractivity contribution < 1.29 is 13.2 Å². The summed E-state index contributed by atoms with van der Waals surface area (Å²) in [6.45, 7) is 1.30. The van der Waals surface area contributed by atoms with Crippen LogP contribution in [0.25, 0.3) is 0 Å². The lowest BCUT2D eigenvalue weighted by molar-refractivity contribution is 0.395. The molecule has 0 fully saturated rings. The van der Waals surface area contributed by atoms with Crippen molar-refractivity contribution in [3.8, 4) is 5.88 Å². The lowest BCUT2D eigenvalue weighted by atomic mass is 10.4. The molecule has 0 bridgehead atoms. The first-order chi connectivity index (χ1) is 8.83. The molecule has 1 rings (SSSR count). The molecule has 0 aliphatic carbocycles. The predicted molar refractivity (Wildman–Crippen MR) is 79.0 cm³/mol. The van der Waals surface area contributed by atoms with Crippen LogP contribution >= 0.6 is 11.3 Å². The number of rotatable bonds is 8. The first-order valence-corrected chi connectivity index (χ1v) is 8.80. The average molecular weight is 307 g/mol. The molecule has 6 nitrogen and oxygen atoms in total. The van der Waals surface area contributed by atoms with Gasteiger partial charge in [0.05, 0.1) is 17.7 Å². The lowest BCUT2D eigenvalue weighted by Gasteiger charge is -2.05. The summed E-state index contributed by atoms with van der Waals surface area (Å²) in [6.07, 6.45) is 1.86. The van der Waals surface area contributed by atoms with E-state index in [9.17, 15) is 8.42 Å². The largest absolute Gasteiger partial charge is 0.480 e. The monoisotopic (exact) mass is 307 g/mol. The van der Waals surface area contributed by atoms with Crippen LogP contribution in [0.4, 0.5) is 5.13 Å². The van der Waals surface area contributed by atoms with E-state index in [0.717, 1.165) is 10.0 Å². The Bertz CT molecular complexity index is 497. The summed E-state index contributed by atoms with van der Waals surface area (Å²) in [5.41, 5.74) is 0. The van der Waals surface area contributed by atoms with E-state index in [2.05, 4.69) is 10.3 Å². The van der Waals surface area contributed by atoms with Crippen LogP contribution < -0.4 is 15.0 Å². The van der Waals surface area contributed by atoms with Crippen molar-refractivity contribution in [2.75, 3.05) is 44.7 Å². The second-order valence-electron chi connectivity index (χ2n) is 4.48. The highest BCUT2D eigenvalue weighted by molar-refractivity contribution is 7.90. The standard InChI is InChI=1S/C11H21N3O3S2/c1-14(2)11-13-10(17-3)9(18-11)8-12-6-5-7-19(4,15)16/h12H,5-8H2,1-4H3. The van der Waals surface area contributed by atoms with Crippen LogP contribution in [0.3, 0.4) is 0 Å². The number of hydrogen-bond donors (Lipinski definition) is 1. The molecule has 0 spiro atoms. The highest BCUT2D eigenvalue weighted by atomic mass is 32.2. The number of ether oxygens (including phenoxy) is 1. The molecule has 8 heteroatoms. The Kier molecular flexibility index (Phi) is 6.02. The topological polar surface area (TPSA) is 71.5 Å². The number of aromatic nitrogens is 1. The Balaban J connectivity index is 2.44. The summed E-state index contributed by atoms with van der Waals surface area (Å²) in [5.74, 6) is 0.840. The zero-order valence-electron chi connectivity index (χ0n) is 11.8. The summed E-state index contributed by atoms with van der Waals surface area (Å²) in [5, 5.41) is 4.10. The number of hydrogen-bond acceptors (Lipinski definition) is 7. The van der Waals surface area contributed by atoms with Crippen LogP contribution in [0, 0.1) is 0 Å². The molecule has 1 N–H and O–H groups in total. The fourth-order valence-corrected chi connectivity index (χ4v) is 3.04. The second kappa shape index (κ2) is 7.06.